The number of morpholine rings is 1. The largest absolute Gasteiger partial charge is 0.493 e. The standard InChI is InChI=1S/C26H33N3O6S2/c1-18(2)16-29-22(19-14-23(32-3)25(34-5)24(15-19)33-4)17-36-26(29)27-20-6-8-21(9-7-20)37(30,31)28-10-12-35-13-11-28/h6-9,14-15,17-18H,10-13,16H2,1-5H3. The minimum absolute atomic E-state index is 0.257. The molecular formula is C26H33N3O6S2. The Bertz CT molecular complexity index is 1360. The fraction of sp³-hybridized carbons (Fsp3) is 0.423. The van der Waals surface area contributed by atoms with Gasteiger partial charge in [0.05, 0.1) is 50.8 Å². The highest BCUT2D eigenvalue weighted by molar-refractivity contribution is 7.89. The third kappa shape index (κ3) is 5.85. The van der Waals surface area contributed by atoms with Gasteiger partial charge in [0.1, 0.15) is 0 Å². The van der Waals surface area contributed by atoms with Crippen molar-refractivity contribution < 1.29 is 27.4 Å². The molecule has 2 aromatic carbocycles. The van der Waals surface area contributed by atoms with Crippen molar-refractivity contribution in [2.75, 3.05) is 47.6 Å². The van der Waals surface area contributed by atoms with Crippen LogP contribution < -0.4 is 19.0 Å². The van der Waals surface area contributed by atoms with Crippen LogP contribution in [0.1, 0.15) is 13.8 Å². The summed E-state index contributed by atoms with van der Waals surface area (Å²) in [5.41, 5.74) is 2.57. The maximum Gasteiger partial charge on any atom is 0.243 e. The first kappa shape index (κ1) is 27.2. The summed E-state index contributed by atoms with van der Waals surface area (Å²) in [6.45, 7) is 6.60. The molecule has 0 unspecified atom stereocenters. The lowest BCUT2D eigenvalue weighted by Crippen LogP contribution is -2.40. The minimum atomic E-state index is -3.55. The molecule has 0 bridgehead atoms. The molecule has 1 aliphatic rings. The number of ether oxygens (including phenoxy) is 4. The summed E-state index contributed by atoms with van der Waals surface area (Å²) in [5.74, 6) is 2.07. The van der Waals surface area contributed by atoms with E-state index in [9.17, 15) is 8.42 Å². The van der Waals surface area contributed by atoms with Crippen LogP contribution in [0.25, 0.3) is 11.3 Å². The predicted octanol–water partition coefficient (Wildman–Crippen LogP) is 4.15. The monoisotopic (exact) mass is 547 g/mol. The van der Waals surface area contributed by atoms with Crippen molar-refractivity contribution in [3.8, 4) is 28.5 Å². The molecule has 1 saturated heterocycles. The molecule has 37 heavy (non-hydrogen) atoms. The number of hydrogen-bond donors (Lipinski definition) is 0. The van der Waals surface area contributed by atoms with E-state index in [1.165, 1.54) is 15.6 Å². The SMILES string of the molecule is COc1cc(-c2csc(=Nc3ccc(S(=O)(=O)N4CCOCC4)cc3)n2CC(C)C)cc(OC)c1OC. The van der Waals surface area contributed by atoms with Crippen LogP contribution >= 0.6 is 11.3 Å². The zero-order valence-corrected chi connectivity index (χ0v) is 23.4. The van der Waals surface area contributed by atoms with E-state index in [4.69, 9.17) is 23.9 Å². The lowest BCUT2D eigenvalue weighted by atomic mass is 10.1. The molecule has 0 atom stereocenters. The fourth-order valence-electron chi connectivity index (χ4n) is 4.16. The van der Waals surface area contributed by atoms with Gasteiger partial charge in [-0.2, -0.15) is 4.31 Å². The molecule has 0 N–H and O–H groups in total. The van der Waals surface area contributed by atoms with E-state index in [-0.39, 0.29) is 4.90 Å². The van der Waals surface area contributed by atoms with Crippen LogP contribution in [0, 0.1) is 5.92 Å². The predicted molar refractivity (Wildman–Crippen MR) is 143 cm³/mol. The third-order valence-corrected chi connectivity index (χ3v) is 8.75. The number of methoxy groups -OCH3 is 3. The molecule has 9 nitrogen and oxygen atoms in total. The maximum absolute atomic E-state index is 13.0. The Morgan fingerprint density at radius 3 is 2.16 bits per heavy atom. The molecule has 2 heterocycles. The number of thiazole rings is 1. The zero-order chi connectivity index (χ0) is 26.6. The van der Waals surface area contributed by atoms with Crippen molar-refractivity contribution in [1.29, 1.82) is 0 Å². The summed E-state index contributed by atoms with van der Waals surface area (Å²) in [5, 5.41) is 2.05. The Morgan fingerprint density at radius 2 is 1.62 bits per heavy atom. The van der Waals surface area contributed by atoms with E-state index >= 15 is 0 Å². The van der Waals surface area contributed by atoms with E-state index < -0.39 is 10.0 Å². The van der Waals surface area contributed by atoms with Gasteiger partial charge >= 0.3 is 0 Å². The lowest BCUT2D eigenvalue weighted by molar-refractivity contribution is 0.0730. The minimum Gasteiger partial charge on any atom is -0.493 e. The molecule has 1 aliphatic heterocycles. The number of nitrogens with zero attached hydrogens (tertiary/aromatic N) is 3. The molecule has 0 radical (unpaired) electrons. The summed E-state index contributed by atoms with van der Waals surface area (Å²) in [7, 11) is 1.23. The Kier molecular flexibility index (Phi) is 8.58. The van der Waals surface area contributed by atoms with E-state index in [0.717, 1.165) is 22.6 Å². The third-order valence-electron chi connectivity index (χ3n) is 5.98. The van der Waals surface area contributed by atoms with Crippen molar-refractivity contribution in [1.82, 2.24) is 8.87 Å². The number of aromatic nitrogens is 1. The molecular weight excluding hydrogens is 514 g/mol. The van der Waals surface area contributed by atoms with Gasteiger partial charge in [-0.1, -0.05) is 13.8 Å². The highest BCUT2D eigenvalue weighted by Gasteiger charge is 2.26. The number of sulfonamides is 1. The summed E-state index contributed by atoms with van der Waals surface area (Å²) >= 11 is 1.52. The summed E-state index contributed by atoms with van der Waals surface area (Å²) in [6.07, 6.45) is 0. The molecule has 200 valence electrons. The first-order valence-electron chi connectivity index (χ1n) is 12.0. The second-order valence-corrected chi connectivity index (χ2v) is 11.7. The van der Waals surface area contributed by atoms with Gasteiger partial charge in [0.25, 0.3) is 0 Å². The Hall–Kier alpha value is -2.86. The first-order valence-corrected chi connectivity index (χ1v) is 14.3. The van der Waals surface area contributed by atoms with Crippen molar-refractivity contribution in [2.45, 2.75) is 25.3 Å². The zero-order valence-electron chi connectivity index (χ0n) is 21.8. The van der Waals surface area contributed by atoms with Crippen LogP contribution in [0.2, 0.25) is 0 Å². The molecule has 0 spiro atoms. The molecule has 1 aromatic heterocycles. The van der Waals surface area contributed by atoms with Crippen LogP contribution in [0.15, 0.2) is 51.7 Å². The second-order valence-electron chi connectivity index (χ2n) is 8.94. The van der Waals surface area contributed by atoms with Gasteiger partial charge in [-0.15, -0.1) is 11.3 Å². The Labute approximate surface area is 221 Å². The van der Waals surface area contributed by atoms with Crippen molar-refractivity contribution in [3.63, 3.8) is 0 Å². The Balaban J connectivity index is 1.73. The molecule has 0 saturated carbocycles. The van der Waals surface area contributed by atoms with Crippen molar-refractivity contribution in [2.24, 2.45) is 10.9 Å². The van der Waals surface area contributed by atoms with Gasteiger partial charge in [-0.05, 0) is 42.3 Å². The van der Waals surface area contributed by atoms with E-state index in [0.29, 0.717) is 55.2 Å². The fourth-order valence-corrected chi connectivity index (χ4v) is 6.51. The summed E-state index contributed by atoms with van der Waals surface area (Å²) in [4.78, 5) is 5.92. The average Bonchev–Trinajstić information content (AvgIpc) is 3.29. The highest BCUT2D eigenvalue weighted by Crippen LogP contribution is 2.41. The highest BCUT2D eigenvalue weighted by atomic mass is 32.2. The second kappa shape index (κ2) is 11.7. The number of hydrogen-bond acceptors (Lipinski definition) is 8. The van der Waals surface area contributed by atoms with Crippen LogP contribution in [-0.2, 0) is 21.3 Å². The molecule has 0 aliphatic carbocycles. The smallest absolute Gasteiger partial charge is 0.243 e. The van der Waals surface area contributed by atoms with Crippen LogP contribution in [-0.4, -0.2) is 64.9 Å². The molecule has 4 rings (SSSR count). The number of rotatable bonds is 9. The van der Waals surface area contributed by atoms with Crippen LogP contribution in [0.5, 0.6) is 17.2 Å². The van der Waals surface area contributed by atoms with Gasteiger partial charge in [-0.25, -0.2) is 13.4 Å². The normalized spacial score (nSPS) is 15.2. The first-order chi connectivity index (χ1) is 17.8. The molecule has 0 amide bonds. The quantitative estimate of drug-likeness (QED) is 0.400. The average molecular weight is 548 g/mol. The van der Waals surface area contributed by atoms with Crippen LogP contribution in [0.3, 0.4) is 0 Å². The molecule has 3 aromatic rings. The lowest BCUT2D eigenvalue weighted by Gasteiger charge is -2.26. The van der Waals surface area contributed by atoms with E-state index in [1.807, 2.05) is 12.1 Å². The van der Waals surface area contributed by atoms with Crippen molar-refractivity contribution in [3.05, 3.63) is 46.6 Å². The van der Waals surface area contributed by atoms with Gasteiger partial charge in [0.2, 0.25) is 15.8 Å². The van der Waals surface area contributed by atoms with Crippen LogP contribution in [0.4, 0.5) is 5.69 Å². The Morgan fingerprint density at radius 1 is 1.00 bits per heavy atom. The molecule has 1 fully saturated rings. The summed E-state index contributed by atoms with van der Waals surface area (Å²) in [6, 6.07) is 10.6. The van der Waals surface area contributed by atoms with E-state index in [2.05, 4.69) is 23.8 Å². The topological polar surface area (TPSA) is 91.6 Å². The molecule has 11 heteroatoms. The summed E-state index contributed by atoms with van der Waals surface area (Å²) < 4.78 is 51.4. The van der Waals surface area contributed by atoms with Gasteiger partial charge < -0.3 is 23.5 Å². The van der Waals surface area contributed by atoms with E-state index in [1.54, 1.807) is 45.6 Å². The number of benzene rings is 2. The van der Waals surface area contributed by atoms with Crippen molar-refractivity contribution >= 4 is 27.0 Å². The maximum atomic E-state index is 13.0. The van der Waals surface area contributed by atoms with Gasteiger partial charge in [-0.3, -0.25) is 0 Å². The van der Waals surface area contributed by atoms with Gasteiger partial charge in [0, 0.05) is 30.6 Å². The van der Waals surface area contributed by atoms with Gasteiger partial charge in [0.15, 0.2) is 16.3 Å².